The van der Waals surface area contributed by atoms with Crippen molar-refractivity contribution in [2.24, 2.45) is 0 Å². The van der Waals surface area contributed by atoms with Crippen LogP contribution in [0.3, 0.4) is 0 Å². The van der Waals surface area contributed by atoms with Crippen LogP contribution in [0.5, 0.6) is 0 Å². The van der Waals surface area contributed by atoms with Crippen molar-refractivity contribution >= 4 is 23.0 Å². The molecule has 122 valence electrons. The molecule has 1 saturated heterocycles. The van der Waals surface area contributed by atoms with E-state index in [1.807, 2.05) is 0 Å². The minimum atomic E-state index is 0.621. The molecule has 1 aromatic rings. The molecule has 0 aromatic heterocycles. The fraction of sp³-hybridized carbons (Fsp3) is 0.611. The van der Waals surface area contributed by atoms with Gasteiger partial charge in [-0.25, -0.2) is 0 Å². The highest BCUT2D eigenvalue weighted by Gasteiger charge is 2.20. The van der Waals surface area contributed by atoms with Gasteiger partial charge < -0.3 is 15.1 Å². The van der Waals surface area contributed by atoms with Crippen molar-refractivity contribution in [2.45, 2.75) is 39.5 Å². The Hall–Kier alpha value is -1.13. The number of piperazine rings is 1. The van der Waals surface area contributed by atoms with Gasteiger partial charge in [-0.1, -0.05) is 32.9 Å². The van der Waals surface area contributed by atoms with E-state index >= 15 is 0 Å². The second-order valence-electron chi connectivity index (χ2n) is 6.35. The Labute approximate surface area is 140 Å². The first kappa shape index (κ1) is 17.2. The van der Waals surface area contributed by atoms with Crippen molar-refractivity contribution in [1.82, 2.24) is 4.90 Å². The number of hydrogen-bond acceptors (Lipinski definition) is 1. The highest BCUT2D eigenvalue weighted by Crippen LogP contribution is 2.20. The summed E-state index contributed by atoms with van der Waals surface area (Å²) in [6.07, 6.45) is 2.44. The minimum absolute atomic E-state index is 0.621. The third kappa shape index (κ3) is 4.68. The van der Waals surface area contributed by atoms with E-state index in [-0.39, 0.29) is 0 Å². The second kappa shape index (κ2) is 8.49. The highest BCUT2D eigenvalue weighted by molar-refractivity contribution is 7.80. The Bertz CT molecular complexity index is 464. The smallest absolute Gasteiger partial charge is 0.173 e. The molecule has 1 fully saturated rings. The summed E-state index contributed by atoms with van der Waals surface area (Å²) >= 11 is 5.57. The van der Waals surface area contributed by atoms with E-state index in [1.54, 1.807) is 4.90 Å². The van der Waals surface area contributed by atoms with Gasteiger partial charge in [-0.05, 0) is 48.7 Å². The average molecular weight is 321 g/mol. The first-order chi connectivity index (χ1) is 10.6. The Morgan fingerprint density at radius 1 is 1.23 bits per heavy atom. The minimum Gasteiger partial charge on any atom is -0.338 e. The number of benzene rings is 1. The standard InChI is InChI=1S/C18H29N3S/c1-4-10-20-11-13-21(14-12-20)18(22)19-17-8-6-16(7-9-17)15(3)5-2/h6-9,15H,4-5,10-14H2,1-3H3,(H,19,22)/p+1/t15-/m0/s1. The number of hydrogen-bond donors (Lipinski definition) is 2. The van der Waals surface area contributed by atoms with Crippen molar-refractivity contribution in [3.05, 3.63) is 29.8 Å². The molecule has 2 rings (SSSR count). The lowest BCUT2D eigenvalue weighted by molar-refractivity contribution is -0.903. The summed E-state index contributed by atoms with van der Waals surface area (Å²) < 4.78 is 0. The largest absolute Gasteiger partial charge is 0.338 e. The molecule has 1 heterocycles. The molecule has 1 aliphatic heterocycles. The van der Waals surface area contributed by atoms with Crippen LogP contribution in [-0.2, 0) is 0 Å². The normalized spacial score (nSPS) is 17.3. The van der Waals surface area contributed by atoms with Crippen molar-refractivity contribution in [3.8, 4) is 0 Å². The third-order valence-electron chi connectivity index (χ3n) is 4.70. The van der Waals surface area contributed by atoms with E-state index in [9.17, 15) is 0 Å². The van der Waals surface area contributed by atoms with E-state index in [0.29, 0.717) is 5.92 Å². The molecule has 0 amide bonds. The molecule has 0 aliphatic carbocycles. The van der Waals surface area contributed by atoms with Crippen LogP contribution in [-0.4, -0.2) is 42.7 Å². The van der Waals surface area contributed by atoms with Gasteiger partial charge >= 0.3 is 0 Å². The Balaban J connectivity index is 1.84. The molecule has 1 aromatic carbocycles. The Morgan fingerprint density at radius 3 is 2.41 bits per heavy atom. The van der Waals surface area contributed by atoms with E-state index in [1.165, 1.54) is 38.0 Å². The van der Waals surface area contributed by atoms with Crippen molar-refractivity contribution < 1.29 is 4.90 Å². The number of nitrogens with zero attached hydrogens (tertiary/aromatic N) is 1. The molecule has 0 unspecified atom stereocenters. The number of thiocarbonyl (C=S) groups is 1. The van der Waals surface area contributed by atoms with Crippen LogP contribution >= 0.6 is 12.2 Å². The van der Waals surface area contributed by atoms with Crippen LogP contribution in [0.25, 0.3) is 0 Å². The van der Waals surface area contributed by atoms with Crippen LogP contribution in [0.15, 0.2) is 24.3 Å². The summed E-state index contributed by atoms with van der Waals surface area (Å²) in [4.78, 5) is 4.01. The summed E-state index contributed by atoms with van der Waals surface area (Å²) in [5.74, 6) is 0.621. The lowest BCUT2D eigenvalue weighted by Crippen LogP contribution is -3.14. The average Bonchev–Trinajstić information content (AvgIpc) is 2.55. The Kier molecular flexibility index (Phi) is 6.65. The topological polar surface area (TPSA) is 19.7 Å². The second-order valence-corrected chi connectivity index (χ2v) is 6.74. The third-order valence-corrected chi connectivity index (χ3v) is 5.06. The molecule has 1 atom stereocenters. The molecular formula is C18H30N3S+. The van der Waals surface area contributed by atoms with Crippen LogP contribution in [0, 0.1) is 0 Å². The van der Waals surface area contributed by atoms with E-state index in [0.717, 1.165) is 23.9 Å². The van der Waals surface area contributed by atoms with Crippen LogP contribution < -0.4 is 10.2 Å². The molecule has 0 saturated carbocycles. The molecule has 4 heteroatoms. The van der Waals surface area contributed by atoms with Gasteiger partial charge in [0.15, 0.2) is 5.11 Å². The fourth-order valence-electron chi connectivity index (χ4n) is 2.96. The first-order valence-electron chi connectivity index (χ1n) is 8.63. The lowest BCUT2D eigenvalue weighted by atomic mass is 9.99. The number of anilines is 1. The molecule has 0 spiro atoms. The maximum absolute atomic E-state index is 5.57. The summed E-state index contributed by atoms with van der Waals surface area (Å²) in [6.45, 7) is 12.6. The number of rotatable bonds is 5. The molecule has 22 heavy (non-hydrogen) atoms. The van der Waals surface area contributed by atoms with Gasteiger partial charge in [0.2, 0.25) is 0 Å². The number of nitrogens with one attached hydrogen (secondary N) is 2. The SMILES string of the molecule is CCC[NH+]1CCN(C(=S)Nc2ccc([C@@H](C)CC)cc2)CC1. The van der Waals surface area contributed by atoms with Crippen LogP contribution in [0.2, 0.25) is 0 Å². The zero-order valence-electron chi connectivity index (χ0n) is 14.2. The van der Waals surface area contributed by atoms with E-state index < -0.39 is 0 Å². The van der Waals surface area contributed by atoms with Gasteiger partial charge in [-0.2, -0.15) is 0 Å². The van der Waals surface area contributed by atoms with Gasteiger partial charge in [-0.3, -0.25) is 0 Å². The van der Waals surface area contributed by atoms with Crippen molar-refractivity contribution in [3.63, 3.8) is 0 Å². The van der Waals surface area contributed by atoms with E-state index in [2.05, 4.69) is 55.3 Å². The van der Waals surface area contributed by atoms with Crippen molar-refractivity contribution in [1.29, 1.82) is 0 Å². The van der Waals surface area contributed by atoms with Crippen LogP contribution in [0.1, 0.15) is 45.1 Å². The lowest BCUT2D eigenvalue weighted by Gasteiger charge is -2.33. The van der Waals surface area contributed by atoms with Gasteiger partial charge in [0.05, 0.1) is 32.7 Å². The summed E-state index contributed by atoms with van der Waals surface area (Å²) in [6, 6.07) is 8.71. The summed E-state index contributed by atoms with van der Waals surface area (Å²) in [5.41, 5.74) is 2.50. The predicted octanol–water partition coefficient (Wildman–Crippen LogP) is 2.51. The maximum Gasteiger partial charge on any atom is 0.173 e. The zero-order chi connectivity index (χ0) is 15.9. The van der Waals surface area contributed by atoms with E-state index in [4.69, 9.17) is 12.2 Å². The first-order valence-corrected chi connectivity index (χ1v) is 9.04. The quantitative estimate of drug-likeness (QED) is 0.814. The van der Waals surface area contributed by atoms with Gasteiger partial charge in [0, 0.05) is 5.69 Å². The Morgan fingerprint density at radius 2 is 1.86 bits per heavy atom. The van der Waals surface area contributed by atoms with Gasteiger partial charge in [0.25, 0.3) is 0 Å². The number of quaternary nitrogens is 1. The molecule has 0 bridgehead atoms. The van der Waals surface area contributed by atoms with Gasteiger partial charge in [0.1, 0.15) is 0 Å². The molecule has 2 N–H and O–H groups in total. The summed E-state index contributed by atoms with van der Waals surface area (Å²) in [5, 5.41) is 4.26. The van der Waals surface area contributed by atoms with Crippen LogP contribution in [0.4, 0.5) is 5.69 Å². The molecule has 0 radical (unpaired) electrons. The van der Waals surface area contributed by atoms with Gasteiger partial charge in [-0.15, -0.1) is 0 Å². The highest BCUT2D eigenvalue weighted by atomic mass is 32.1. The van der Waals surface area contributed by atoms with Crippen molar-refractivity contribution in [2.75, 3.05) is 38.0 Å². The summed E-state index contributed by atoms with van der Waals surface area (Å²) in [7, 11) is 0. The molecular weight excluding hydrogens is 290 g/mol. The predicted molar refractivity (Wildman–Crippen MR) is 98.8 cm³/mol. The fourth-order valence-corrected chi connectivity index (χ4v) is 3.26. The molecule has 3 nitrogen and oxygen atoms in total. The monoisotopic (exact) mass is 320 g/mol. The molecule has 1 aliphatic rings. The maximum atomic E-state index is 5.57. The zero-order valence-corrected chi connectivity index (χ0v) is 15.0.